The number of likely N-dealkylation sites (N-methyl/N-ethyl adjacent to an activating group) is 2. The third-order valence-electron chi connectivity index (χ3n) is 13.6. The van der Waals surface area contributed by atoms with Gasteiger partial charge in [0.1, 0.15) is 13.1 Å². The summed E-state index contributed by atoms with van der Waals surface area (Å²) in [6.07, 6.45) is 5.80. The van der Waals surface area contributed by atoms with Gasteiger partial charge in [0.05, 0.1) is 123 Å². The van der Waals surface area contributed by atoms with E-state index in [0.717, 1.165) is 79.2 Å². The van der Waals surface area contributed by atoms with Crippen LogP contribution >= 0.6 is 0 Å². The summed E-state index contributed by atoms with van der Waals surface area (Å²) in [6, 6.07) is 16.1. The fraction of sp³-hybridized carbons (Fsp3) is 0.509. The lowest BCUT2D eigenvalue weighted by atomic mass is 9.89. The molecule has 0 fully saturated rings. The molecule has 67 heavy (non-hydrogen) atoms. The van der Waals surface area contributed by atoms with Gasteiger partial charge in [-0.3, -0.25) is 9.59 Å². The van der Waals surface area contributed by atoms with Crippen LogP contribution in [0.1, 0.15) is 76.6 Å². The van der Waals surface area contributed by atoms with Crippen LogP contribution in [0.2, 0.25) is 0 Å². The fourth-order valence-electron chi connectivity index (χ4n) is 9.64. The standard InChI is InChI=1S/C53H72N2O12/c1-54(22-18-38-32-48(62-7)52(64-9)40(42(38)34-54)28-36-14-16-44(58-3)46(30-36)60-5)24-20-50(56)66-26-12-11-13-27-67-51(57)21-25-55(2)23-19-39-33-49(63-8)53(65-10)41(43(39)35-55)29-37-15-17-45(59-4)47(31-37)61-6/h14-17,30-33H,11-13,18-29,34-35H2,1-10H3/q+2. The number of carbonyl (C=O) groups is 2. The minimum atomic E-state index is -0.197. The van der Waals surface area contributed by atoms with Crippen molar-refractivity contribution in [2.75, 3.05) is 110 Å². The smallest absolute Gasteiger partial charge is 0.311 e. The molecular weight excluding hydrogens is 857 g/mol. The van der Waals surface area contributed by atoms with Gasteiger partial charge in [-0.1, -0.05) is 12.1 Å². The van der Waals surface area contributed by atoms with Crippen LogP contribution in [0.5, 0.6) is 46.0 Å². The summed E-state index contributed by atoms with van der Waals surface area (Å²) in [7, 11) is 17.6. The molecule has 0 amide bonds. The highest BCUT2D eigenvalue weighted by Gasteiger charge is 2.35. The number of quaternary nitrogens is 2. The summed E-state index contributed by atoms with van der Waals surface area (Å²) in [5.41, 5.74) is 9.20. The quantitative estimate of drug-likeness (QED) is 0.0389. The average Bonchev–Trinajstić information content (AvgIpc) is 3.34. The minimum Gasteiger partial charge on any atom is -0.493 e. The maximum absolute atomic E-state index is 13.0. The monoisotopic (exact) mass is 929 g/mol. The molecule has 14 heteroatoms. The van der Waals surface area contributed by atoms with Crippen LogP contribution in [0.3, 0.4) is 0 Å². The van der Waals surface area contributed by atoms with E-state index in [1.54, 1.807) is 56.9 Å². The number of hydrogen-bond acceptors (Lipinski definition) is 12. The van der Waals surface area contributed by atoms with E-state index < -0.39 is 0 Å². The SMILES string of the molecule is COc1ccc(Cc2c3c(cc(OC)c2OC)CC[N+](C)(CCC(=O)OCCCCCOC(=O)CC[N+]2(C)CCc4cc(OC)c(OC)c(Cc5ccc(OC)c(OC)c5)c4C2)C3)cc1OC. The van der Waals surface area contributed by atoms with Gasteiger partial charge in [0.25, 0.3) is 0 Å². The van der Waals surface area contributed by atoms with E-state index in [2.05, 4.69) is 26.2 Å². The molecule has 0 radical (unpaired) electrons. The molecule has 0 spiro atoms. The largest absolute Gasteiger partial charge is 0.493 e. The first-order valence-electron chi connectivity index (χ1n) is 23.3. The highest BCUT2D eigenvalue weighted by molar-refractivity contribution is 5.70. The number of nitrogens with zero attached hydrogens (tertiary/aromatic N) is 2. The lowest BCUT2D eigenvalue weighted by Gasteiger charge is -2.40. The Balaban J connectivity index is 0.938. The Labute approximate surface area is 397 Å². The highest BCUT2D eigenvalue weighted by Crippen LogP contribution is 2.43. The number of benzene rings is 4. The second-order valence-electron chi connectivity index (χ2n) is 18.1. The number of esters is 2. The van der Waals surface area contributed by atoms with Gasteiger partial charge in [0.15, 0.2) is 46.0 Å². The summed E-state index contributed by atoms with van der Waals surface area (Å²) in [6.45, 7) is 5.29. The maximum Gasteiger partial charge on any atom is 0.311 e. The molecule has 0 saturated heterocycles. The Morgan fingerprint density at radius 3 is 1.22 bits per heavy atom. The zero-order chi connectivity index (χ0) is 48.1. The van der Waals surface area contributed by atoms with Gasteiger partial charge < -0.3 is 56.3 Å². The van der Waals surface area contributed by atoms with Crippen LogP contribution in [0.15, 0.2) is 48.5 Å². The Bertz CT molecular complexity index is 2190. The van der Waals surface area contributed by atoms with Gasteiger partial charge in [-0.2, -0.15) is 0 Å². The van der Waals surface area contributed by atoms with Gasteiger partial charge in [0, 0.05) is 47.9 Å². The number of carbonyl (C=O) groups excluding carboxylic acids is 2. The minimum absolute atomic E-state index is 0.197. The number of fused-ring (bicyclic) bond motifs is 2. The summed E-state index contributed by atoms with van der Waals surface area (Å²) >= 11 is 0. The van der Waals surface area contributed by atoms with Crippen molar-refractivity contribution in [3.8, 4) is 46.0 Å². The van der Waals surface area contributed by atoms with Crippen molar-refractivity contribution >= 4 is 11.9 Å². The average molecular weight is 929 g/mol. The van der Waals surface area contributed by atoms with Crippen LogP contribution in [0.4, 0.5) is 0 Å². The van der Waals surface area contributed by atoms with E-state index in [4.69, 9.17) is 47.4 Å². The maximum atomic E-state index is 13.0. The third kappa shape index (κ3) is 12.4. The summed E-state index contributed by atoms with van der Waals surface area (Å²) in [5, 5.41) is 0. The van der Waals surface area contributed by atoms with E-state index in [9.17, 15) is 9.59 Å². The molecule has 0 aromatic heterocycles. The molecule has 0 saturated carbocycles. The predicted octanol–water partition coefficient (Wildman–Crippen LogP) is 7.68. The molecule has 14 nitrogen and oxygen atoms in total. The van der Waals surface area contributed by atoms with E-state index >= 15 is 0 Å². The number of methoxy groups -OCH3 is 8. The van der Waals surface area contributed by atoms with Crippen LogP contribution in [0, 0.1) is 0 Å². The molecule has 4 aromatic carbocycles. The Hall–Kier alpha value is -5.86. The zero-order valence-electron chi connectivity index (χ0n) is 41.4. The number of hydrogen-bond donors (Lipinski definition) is 0. The van der Waals surface area contributed by atoms with Crippen molar-refractivity contribution in [3.63, 3.8) is 0 Å². The molecular formula is C53H72N2O12+2. The fourth-order valence-corrected chi connectivity index (χ4v) is 9.64. The van der Waals surface area contributed by atoms with Crippen LogP contribution in [0.25, 0.3) is 0 Å². The summed E-state index contributed by atoms with van der Waals surface area (Å²) < 4.78 is 58.3. The van der Waals surface area contributed by atoms with E-state index in [0.29, 0.717) is 108 Å². The molecule has 0 bridgehead atoms. The lowest BCUT2D eigenvalue weighted by Crippen LogP contribution is -2.49. The summed E-state index contributed by atoms with van der Waals surface area (Å²) in [5.74, 6) is 5.17. The first kappa shape index (κ1) is 50.6. The Kier molecular flexibility index (Phi) is 17.5. The van der Waals surface area contributed by atoms with Gasteiger partial charge in [0.2, 0.25) is 0 Å². The van der Waals surface area contributed by atoms with Crippen LogP contribution < -0.4 is 37.9 Å². The third-order valence-corrected chi connectivity index (χ3v) is 13.6. The molecule has 0 aliphatic carbocycles. The normalized spacial score (nSPS) is 17.3. The number of rotatable bonds is 24. The first-order chi connectivity index (χ1) is 32.3. The van der Waals surface area contributed by atoms with E-state index in [-0.39, 0.29) is 11.9 Å². The van der Waals surface area contributed by atoms with E-state index in [1.165, 1.54) is 22.3 Å². The molecule has 4 aromatic rings. The van der Waals surface area contributed by atoms with Gasteiger partial charge in [-0.25, -0.2) is 0 Å². The zero-order valence-corrected chi connectivity index (χ0v) is 41.4. The molecule has 6 rings (SSSR count). The van der Waals surface area contributed by atoms with Crippen LogP contribution in [-0.2, 0) is 57.8 Å². The van der Waals surface area contributed by atoms with E-state index in [1.807, 2.05) is 36.4 Å². The van der Waals surface area contributed by atoms with Crippen molar-refractivity contribution in [3.05, 3.63) is 93.0 Å². The van der Waals surface area contributed by atoms with Crippen molar-refractivity contribution in [2.45, 2.75) is 70.9 Å². The summed E-state index contributed by atoms with van der Waals surface area (Å²) in [4.78, 5) is 26.0. The van der Waals surface area contributed by atoms with Gasteiger partial charge >= 0.3 is 11.9 Å². The van der Waals surface area contributed by atoms with Gasteiger partial charge in [-0.05, 0) is 77.9 Å². The molecule has 2 aliphatic rings. The molecule has 364 valence electrons. The Morgan fingerprint density at radius 1 is 0.478 bits per heavy atom. The topological polar surface area (TPSA) is 126 Å². The number of unbranched alkanes of at least 4 members (excludes halogenated alkanes) is 2. The van der Waals surface area contributed by atoms with Crippen molar-refractivity contribution < 1.29 is 65.9 Å². The molecule has 0 N–H and O–H groups in total. The second-order valence-corrected chi connectivity index (χ2v) is 18.1. The molecule has 2 atom stereocenters. The lowest BCUT2D eigenvalue weighted by molar-refractivity contribution is -0.924. The second kappa shape index (κ2) is 23.2. The molecule has 2 heterocycles. The highest BCUT2D eigenvalue weighted by atomic mass is 16.5. The van der Waals surface area contributed by atoms with Crippen molar-refractivity contribution in [2.24, 2.45) is 0 Å². The van der Waals surface area contributed by atoms with Crippen LogP contribution in [-0.4, -0.2) is 131 Å². The molecule has 2 unspecified atom stereocenters. The number of ether oxygens (including phenoxy) is 10. The predicted molar refractivity (Wildman–Crippen MR) is 255 cm³/mol. The van der Waals surface area contributed by atoms with Crippen molar-refractivity contribution in [1.29, 1.82) is 0 Å². The first-order valence-corrected chi connectivity index (χ1v) is 23.3. The molecule has 2 aliphatic heterocycles. The van der Waals surface area contributed by atoms with Crippen molar-refractivity contribution in [1.82, 2.24) is 0 Å². The van der Waals surface area contributed by atoms with Gasteiger partial charge in [-0.15, -0.1) is 0 Å². The Morgan fingerprint density at radius 2 is 0.866 bits per heavy atom.